The molecular formula is C26H34ClN5O3S. The number of benzene rings is 1. The molecular weight excluding hydrogens is 498 g/mol. The molecule has 0 unspecified atom stereocenters. The molecule has 2 aliphatic rings. The molecule has 0 spiro atoms. The molecule has 194 valence electrons. The van der Waals surface area contributed by atoms with Crippen molar-refractivity contribution in [2.75, 3.05) is 34.2 Å². The molecule has 8 nitrogen and oxygen atoms in total. The maximum atomic E-state index is 13.2. The molecule has 1 aliphatic heterocycles. The molecule has 1 aromatic heterocycles. The van der Waals surface area contributed by atoms with Crippen LogP contribution in [0.5, 0.6) is 0 Å². The number of thiazole rings is 1. The Bertz CT molecular complexity index is 1120. The van der Waals surface area contributed by atoms with Crippen molar-refractivity contribution in [2.45, 2.75) is 50.7 Å². The topological polar surface area (TPSA) is 94.6 Å². The van der Waals surface area contributed by atoms with Gasteiger partial charge in [0.2, 0.25) is 5.91 Å². The van der Waals surface area contributed by atoms with Crippen LogP contribution in [0.25, 0.3) is 0 Å². The number of rotatable bonds is 8. The third kappa shape index (κ3) is 6.70. The van der Waals surface area contributed by atoms with Crippen LogP contribution >= 0.6 is 22.9 Å². The summed E-state index contributed by atoms with van der Waals surface area (Å²) in [5, 5.41) is 7.58. The van der Waals surface area contributed by atoms with Gasteiger partial charge in [0.25, 0.3) is 5.91 Å². The van der Waals surface area contributed by atoms with Gasteiger partial charge in [0.1, 0.15) is 0 Å². The number of ketones is 1. The summed E-state index contributed by atoms with van der Waals surface area (Å²) in [6, 6.07) is 6.92. The van der Waals surface area contributed by atoms with E-state index in [2.05, 4.69) is 27.6 Å². The molecule has 1 aliphatic carbocycles. The zero-order valence-electron chi connectivity index (χ0n) is 21.1. The van der Waals surface area contributed by atoms with E-state index in [9.17, 15) is 14.4 Å². The van der Waals surface area contributed by atoms with Crippen molar-refractivity contribution in [2.24, 2.45) is 5.92 Å². The van der Waals surface area contributed by atoms with E-state index in [1.807, 2.05) is 12.1 Å². The maximum absolute atomic E-state index is 13.2. The van der Waals surface area contributed by atoms with Crippen molar-refractivity contribution in [1.82, 2.24) is 25.4 Å². The highest BCUT2D eigenvalue weighted by Gasteiger charge is 2.36. The number of carbonyl (C=O) groups excluding carboxylic acids is 3. The number of nitrogens with one attached hydrogen (secondary N) is 2. The minimum atomic E-state index is -0.275. The highest BCUT2D eigenvalue weighted by atomic mass is 35.5. The van der Waals surface area contributed by atoms with Gasteiger partial charge < -0.3 is 20.4 Å². The lowest BCUT2D eigenvalue weighted by Crippen LogP contribution is -2.55. The van der Waals surface area contributed by atoms with Gasteiger partial charge in [-0.3, -0.25) is 14.4 Å². The second-order valence-electron chi connectivity index (χ2n) is 10.0. The summed E-state index contributed by atoms with van der Waals surface area (Å²) in [6.45, 7) is 1.93. The number of amides is 2. The first kappa shape index (κ1) is 26.7. The summed E-state index contributed by atoms with van der Waals surface area (Å²) in [7, 11) is 5.58. The summed E-state index contributed by atoms with van der Waals surface area (Å²) in [6.07, 6.45) is 3.06. The Hall–Kier alpha value is -2.33. The average molecular weight is 532 g/mol. The number of Topliss-reactive ketones (excluding diaryl/α,β-unsaturated/α-hetero) is 1. The second kappa shape index (κ2) is 11.8. The molecule has 3 atom stereocenters. The largest absolute Gasteiger partial charge is 0.349 e. The van der Waals surface area contributed by atoms with Gasteiger partial charge in [-0.15, -0.1) is 11.3 Å². The summed E-state index contributed by atoms with van der Waals surface area (Å²) in [4.78, 5) is 48.1. The third-order valence-corrected chi connectivity index (χ3v) is 8.24. The zero-order chi connectivity index (χ0) is 25.8. The number of likely N-dealkylation sites (N-methyl/N-ethyl adjacent to an activating group) is 1. The first-order valence-electron chi connectivity index (χ1n) is 12.4. The zero-order valence-corrected chi connectivity index (χ0v) is 22.6. The molecule has 1 fully saturated rings. The van der Waals surface area contributed by atoms with Crippen LogP contribution in [0.4, 0.5) is 0 Å². The van der Waals surface area contributed by atoms with Crippen molar-refractivity contribution >= 4 is 40.5 Å². The molecule has 2 N–H and O–H groups in total. The van der Waals surface area contributed by atoms with Crippen LogP contribution in [0.3, 0.4) is 0 Å². The van der Waals surface area contributed by atoms with Crippen LogP contribution in [0.2, 0.25) is 5.02 Å². The number of hydrogen-bond donors (Lipinski definition) is 2. The van der Waals surface area contributed by atoms with E-state index in [0.717, 1.165) is 35.6 Å². The van der Waals surface area contributed by atoms with Gasteiger partial charge >= 0.3 is 0 Å². The van der Waals surface area contributed by atoms with E-state index in [4.69, 9.17) is 11.6 Å². The predicted molar refractivity (Wildman–Crippen MR) is 141 cm³/mol. The first-order valence-corrected chi connectivity index (χ1v) is 13.6. The van der Waals surface area contributed by atoms with E-state index in [0.29, 0.717) is 29.3 Å². The summed E-state index contributed by atoms with van der Waals surface area (Å²) in [5.41, 5.74) is 1.88. The third-order valence-electron chi connectivity index (χ3n) is 6.92. The molecule has 0 radical (unpaired) electrons. The number of fused-ring (bicyclic) bond motifs is 1. The van der Waals surface area contributed by atoms with Gasteiger partial charge in [-0.05, 0) is 44.0 Å². The van der Waals surface area contributed by atoms with Crippen molar-refractivity contribution in [3.05, 3.63) is 50.4 Å². The van der Waals surface area contributed by atoms with Gasteiger partial charge in [-0.2, -0.15) is 0 Å². The van der Waals surface area contributed by atoms with Crippen LogP contribution in [0.15, 0.2) is 24.3 Å². The number of carbonyl (C=O) groups is 3. The van der Waals surface area contributed by atoms with Crippen molar-refractivity contribution in [1.29, 1.82) is 0 Å². The summed E-state index contributed by atoms with van der Waals surface area (Å²) in [5.74, 6) is -0.260. The molecule has 2 aromatic rings. The Kier molecular flexibility index (Phi) is 8.77. The lowest BCUT2D eigenvalue weighted by Gasteiger charge is -2.37. The van der Waals surface area contributed by atoms with Crippen molar-refractivity contribution < 1.29 is 14.4 Å². The quantitative estimate of drug-likeness (QED) is 0.543. The Labute approximate surface area is 221 Å². The first-order chi connectivity index (χ1) is 17.2. The normalized spacial score (nSPS) is 22.1. The SMILES string of the molecule is CN1CCc2nc(C(=O)N[C@@H]3C[C@@H](C(=O)N(C)C)CC[C@@H]3NCC(=O)Cc3cccc(Cl)c3)sc2C1. The van der Waals surface area contributed by atoms with E-state index < -0.39 is 0 Å². The Morgan fingerprint density at radius 3 is 2.78 bits per heavy atom. The molecule has 10 heteroatoms. The number of aromatic nitrogens is 1. The van der Waals surface area contributed by atoms with Gasteiger partial charge in [0.15, 0.2) is 10.8 Å². The van der Waals surface area contributed by atoms with Gasteiger partial charge in [0.05, 0.1) is 12.2 Å². The minimum absolute atomic E-state index is 0.0468. The monoisotopic (exact) mass is 531 g/mol. The highest BCUT2D eigenvalue weighted by Crippen LogP contribution is 2.28. The number of nitrogens with zero attached hydrogens (tertiary/aromatic N) is 3. The standard InChI is InChI=1S/C26H34ClN5O3S/c1-31(2)26(35)17-7-8-20(28-14-19(33)12-16-5-4-6-18(27)11-16)22(13-17)29-24(34)25-30-21-9-10-32(3)15-23(21)36-25/h4-6,11,17,20,22,28H,7-10,12-15H2,1-3H3,(H,29,34)/t17-,20-,22+/m0/s1. The summed E-state index contributed by atoms with van der Waals surface area (Å²) < 4.78 is 0. The molecule has 36 heavy (non-hydrogen) atoms. The molecule has 2 amide bonds. The van der Waals surface area contributed by atoms with E-state index in [1.54, 1.807) is 31.1 Å². The van der Waals surface area contributed by atoms with Gasteiger partial charge in [0, 0.05) is 67.9 Å². The molecule has 1 saturated carbocycles. The van der Waals surface area contributed by atoms with Gasteiger partial charge in [-0.25, -0.2) is 4.98 Å². The fraction of sp³-hybridized carbons (Fsp3) is 0.538. The van der Waals surface area contributed by atoms with E-state index in [1.165, 1.54) is 11.3 Å². The van der Waals surface area contributed by atoms with Crippen LogP contribution in [-0.2, 0) is 29.0 Å². The molecule has 0 saturated heterocycles. The minimum Gasteiger partial charge on any atom is -0.349 e. The van der Waals surface area contributed by atoms with E-state index >= 15 is 0 Å². The smallest absolute Gasteiger partial charge is 0.280 e. The van der Waals surface area contributed by atoms with Crippen LogP contribution in [-0.4, -0.2) is 78.7 Å². The highest BCUT2D eigenvalue weighted by molar-refractivity contribution is 7.13. The Morgan fingerprint density at radius 1 is 1.22 bits per heavy atom. The number of hydrogen-bond acceptors (Lipinski definition) is 7. The lowest BCUT2D eigenvalue weighted by atomic mass is 9.81. The van der Waals surface area contributed by atoms with Gasteiger partial charge in [-0.1, -0.05) is 23.7 Å². The molecule has 4 rings (SSSR count). The number of halogens is 1. The van der Waals surface area contributed by atoms with Crippen LogP contribution in [0.1, 0.15) is 45.2 Å². The summed E-state index contributed by atoms with van der Waals surface area (Å²) >= 11 is 7.49. The van der Waals surface area contributed by atoms with Crippen LogP contribution < -0.4 is 10.6 Å². The average Bonchev–Trinajstić information content (AvgIpc) is 3.26. The fourth-order valence-corrected chi connectivity index (χ4v) is 6.30. The van der Waals surface area contributed by atoms with Crippen LogP contribution in [0, 0.1) is 5.92 Å². The maximum Gasteiger partial charge on any atom is 0.280 e. The fourth-order valence-electron chi connectivity index (χ4n) is 5.00. The van der Waals surface area contributed by atoms with Crippen molar-refractivity contribution in [3.63, 3.8) is 0 Å². The van der Waals surface area contributed by atoms with E-state index in [-0.39, 0.29) is 48.6 Å². The lowest BCUT2D eigenvalue weighted by molar-refractivity contribution is -0.134. The molecule has 2 heterocycles. The molecule has 0 bridgehead atoms. The Balaban J connectivity index is 1.42. The molecule has 1 aromatic carbocycles. The Morgan fingerprint density at radius 2 is 2.03 bits per heavy atom. The van der Waals surface area contributed by atoms with Crippen molar-refractivity contribution in [3.8, 4) is 0 Å². The predicted octanol–water partition coefficient (Wildman–Crippen LogP) is 2.54. The second-order valence-corrected chi connectivity index (χ2v) is 11.6.